The fourth-order valence-electron chi connectivity index (χ4n) is 3.05. The summed E-state index contributed by atoms with van der Waals surface area (Å²) in [5.74, 6) is -0.896. The van der Waals surface area contributed by atoms with Crippen LogP contribution in [-0.4, -0.2) is 50.8 Å². The van der Waals surface area contributed by atoms with E-state index in [0.717, 1.165) is 11.1 Å². The Morgan fingerprint density at radius 3 is 2.34 bits per heavy atom. The molecule has 7 nitrogen and oxygen atoms in total. The molecule has 0 unspecified atom stereocenters. The average Bonchev–Trinajstić information content (AvgIpc) is 2.77. The summed E-state index contributed by atoms with van der Waals surface area (Å²) in [6.07, 6.45) is 0.948. The van der Waals surface area contributed by atoms with Crippen LogP contribution in [0.1, 0.15) is 41.8 Å². The number of nitrogens with zero attached hydrogens (tertiary/aromatic N) is 1. The zero-order chi connectivity index (χ0) is 23.7. The molecule has 0 saturated heterocycles. The first-order valence-corrected chi connectivity index (χ1v) is 12.3. The average molecular weight is 481 g/mol. The smallest absolute Gasteiger partial charge is 0.339 e. The van der Waals surface area contributed by atoms with Gasteiger partial charge in [-0.3, -0.25) is 4.79 Å². The van der Waals surface area contributed by atoms with E-state index in [4.69, 9.17) is 16.3 Å². The second kappa shape index (κ2) is 12.0. The van der Waals surface area contributed by atoms with Gasteiger partial charge in [0.1, 0.15) is 6.61 Å². The Morgan fingerprint density at radius 1 is 1.06 bits per heavy atom. The number of esters is 1. The van der Waals surface area contributed by atoms with E-state index in [1.165, 1.54) is 22.5 Å². The van der Waals surface area contributed by atoms with Crippen LogP contribution in [0.25, 0.3) is 0 Å². The van der Waals surface area contributed by atoms with Crippen LogP contribution >= 0.6 is 11.6 Å². The molecule has 32 heavy (non-hydrogen) atoms. The number of rotatable bonds is 11. The van der Waals surface area contributed by atoms with Gasteiger partial charge in [0, 0.05) is 19.5 Å². The molecule has 0 heterocycles. The maximum atomic E-state index is 12.7. The zero-order valence-corrected chi connectivity index (χ0v) is 20.1. The number of nitrogens with one attached hydrogen (secondary N) is 1. The number of halogens is 1. The van der Waals surface area contributed by atoms with Crippen molar-refractivity contribution in [3.8, 4) is 0 Å². The fourth-order valence-corrected chi connectivity index (χ4v) is 4.73. The number of hydrogen-bond acceptors (Lipinski definition) is 5. The molecule has 0 radical (unpaired) electrons. The Labute approximate surface area is 194 Å². The largest absolute Gasteiger partial charge is 0.460 e. The Bertz CT molecular complexity index is 1030. The van der Waals surface area contributed by atoms with Crippen LogP contribution in [0.4, 0.5) is 0 Å². The first-order chi connectivity index (χ1) is 15.2. The lowest BCUT2D eigenvalue weighted by Gasteiger charge is -2.19. The quantitative estimate of drug-likeness (QED) is 0.392. The number of amides is 1. The first-order valence-electron chi connectivity index (χ1n) is 10.5. The molecular weight excluding hydrogens is 452 g/mol. The molecule has 0 fully saturated rings. The lowest BCUT2D eigenvalue weighted by molar-refractivity contribution is -0.121. The van der Waals surface area contributed by atoms with E-state index in [0.29, 0.717) is 25.9 Å². The molecule has 2 aromatic carbocycles. The predicted molar refractivity (Wildman–Crippen MR) is 124 cm³/mol. The van der Waals surface area contributed by atoms with Crippen LogP contribution in [0.2, 0.25) is 5.02 Å². The molecule has 1 N–H and O–H groups in total. The minimum atomic E-state index is -3.73. The minimum Gasteiger partial charge on any atom is -0.460 e. The summed E-state index contributed by atoms with van der Waals surface area (Å²) in [5, 5.41) is 2.79. The van der Waals surface area contributed by atoms with Crippen LogP contribution in [0.15, 0.2) is 47.4 Å². The van der Waals surface area contributed by atoms with Gasteiger partial charge in [-0.15, -0.1) is 0 Å². The molecule has 2 rings (SSSR count). The van der Waals surface area contributed by atoms with E-state index in [-0.39, 0.29) is 34.5 Å². The van der Waals surface area contributed by atoms with E-state index in [9.17, 15) is 18.0 Å². The van der Waals surface area contributed by atoms with Crippen molar-refractivity contribution in [2.75, 3.05) is 26.2 Å². The summed E-state index contributed by atoms with van der Waals surface area (Å²) in [7, 11) is -3.73. The third-order valence-electron chi connectivity index (χ3n) is 4.92. The lowest BCUT2D eigenvalue weighted by Crippen LogP contribution is -2.30. The van der Waals surface area contributed by atoms with Gasteiger partial charge < -0.3 is 10.1 Å². The highest BCUT2D eigenvalue weighted by Crippen LogP contribution is 2.23. The van der Waals surface area contributed by atoms with Gasteiger partial charge in [0.05, 0.1) is 22.0 Å². The molecule has 0 aliphatic rings. The van der Waals surface area contributed by atoms with Crippen molar-refractivity contribution in [1.29, 1.82) is 0 Å². The van der Waals surface area contributed by atoms with Gasteiger partial charge in [-0.2, -0.15) is 4.31 Å². The standard InChI is InChI=1S/C23H29ClN2O5S/c1-4-26(5-2)32(29,30)19-11-12-21(24)20(16-19)23(28)31-15-14-25-22(27)13-10-18-8-6-17(3)7-9-18/h6-9,11-12,16H,4-5,10,13-15H2,1-3H3,(H,25,27). The van der Waals surface area contributed by atoms with E-state index in [1.54, 1.807) is 13.8 Å². The second-order valence-corrected chi connectivity index (χ2v) is 9.55. The number of ether oxygens (including phenoxy) is 1. The molecule has 2 aromatic rings. The van der Waals surface area contributed by atoms with Crippen LogP contribution in [0, 0.1) is 6.92 Å². The van der Waals surface area contributed by atoms with Gasteiger partial charge in [-0.1, -0.05) is 55.3 Å². The summed E-state index contributed by atoms with van der Waals surface area (Å²) in [6, 6.07) is 11.9. The van der Waals surface area contributed by atoms with Crippen molar-refractivity contribution < 1.29 is 22.7 Å². The Balaban J connectivity index is 1.87. The number of benzene rings is 2. The van der Waals surface area contributed by atoms with E-state index in [1.807, 2.05) is 31.2 Å². The normalized spacial score (nSPS) is 11.4. The van der Waals surface area contributed by atoms with Crippen LogP contribution in [0.3, 0.4) is 0 Å². The van der Waals surface area contributed by atoms with Gasteiger partial charge in [-0.25, -0.2) is 13.2 Å². The molecule has 9 heteroatoms. The third kappa shape index (κ3) is 7.05. The monoisotopic (exact) mass is 480 g/mol. The summed E-state index contributed by atoms with van der Waals surface area (Å²) in [5.41, 5.74) is 2.20. The highest BCUT2D eigenvalue weighted by molar-refractivity contribution is 7.89. The Morgan fingerprint density at radius 2 is 1.72 bits per heavy atom. The molecule has 0 atom stereocenters. The Hall–Kier alpha value is -2.42. The van der Waals surface area contributed by atoms with Crippen molar-refractivity contribution in [1.82, 2.24) is 9.62 Å². The Kier molecular flexibility index (Phi) is 9.68. The number of hydrogen-bond donors (Lipinski definition) is 1. The molecule has 0 aliphatic carbocycles. The number of aryl methyl sites for hydroxylation is 2. The minimum absolute atomic E-state index is 0.0260. The van der Waals surface area contributed by atoms with Crippen LogP contribution in [-0.2, 0) is 26.0 Å². The molecular formula is C23H29ClN2O5S. The highest BCUT2D eigenvalue weighted by Gasteiger charge is 2.24. The number of carbonyl (C=O) groups excluding carboxylic acids is 2. The van der Waals surface area contributed by atoms with Crippen molar-refractivity contribution in [2.45, 2.75) is 38.5 Å². The van der Waals surface area contributed by atoms with E-state index >= 15 is 0 Å². The number of carbonyl (C=O) groups is 2. The van der Waals surface area contributed by atoms with E-state index in [2.05, 4.69) is 5.32 Å². The second-order valence-electron chi connectivity index (χ2n) is 7.20. The molecule has 0 aliphatic heterocycles. The molecule has 174 valence electrons. The SMILES string of the molecule is CCN(CC)S(=O)(=O)c1ccc(Cl)c(C(=O)OCCNC(=O)CCc2ccc(C)cc2)c1. The van der Waals surface area contributed by atoms with Gasteiger partial charge in [0.25, 0.3) is 0 Å². The summed E-state index contributed by atoms with van der Waals surface area (Å²) >= 11 is 6.08. The lowest BCUT2D eigenvalue weighted by atomic mass is 10.1. The zero-order valence-electron chi connectivity index (χ0n) is 18.6. The van der Waals surface area contributed by atoms with Crippen molar-refractivity contribution >= 4 is 33.5 Å². The number of sulfonamides is 1. The fraction of sp³-hybridized carbons (Fsp3) is 0.391. The predicted octanol–water partition coefficient (Wildman–Crippen LogP) is 3.58. The van der Waals surface area contributed by atoms with Crippen LogP contribution in [0.5, 0.6) is 0 Å². The van der Waals surface area contributed by atoms with Gasteiger partial charge in [-0.05, 0) is 37.1 Å². The van der Waals surface area contributed by atoms with Gasteiger partial charge in [0.2, 0.25) is 15.9 Å². The van der Waals surface area contributed by atoms with Crippen LogP contribution < -0.4 is 5.32 Å². The molecule has 1 amide bonds. The summed E-state index contributed by atoms with van der Waals surface area (Å²) in [4.78, 5) is 24.4. The van der Waals surface area contributed by atoms with Gasteiger partial charge in [0.15, 0.2) is 0 Å². The maximum Gasteiger partial charge on any atom is 0.339 e. The molecule has 0 spiro atoms. The highest BCUT2D eigenvalue weighted by atomic mass is 35.5. The summed E-state index contributed by atoms with van der Waals surface area (Å²) in [6.45, 7) is 6.19. The maximum absolute atomic E-state index is 12.7. The van der Waals surface area contributed by atoms with E-state index < -0.39 is 16.0 Å². The third-order valence-corrected chi connectivity index (χ3v) is 7.30. The summed E-state index contributed by atoms with van der Waals surface area (Å²) < 4.78 is 31.8. The van der Waals surface area contributed by atoms with Crippen molar-refractivity contribution in [3.05, 3.63) is 64.2 Å². The van der Waals surface area contributed by atoms with Crippen molar-refractivity contribution in [3.63, 3.8) is 0 Å². The van der Waals surface area contributed by atoms with Crippen molar-refractivity contribution in [2.24, 2.45) is 0 Å². The van der Waals surface area contributed by atoms with Gasteiger partial charge >= 0.3 is 5.97 Å². The molecule has 0 bridgehead atoms. The first kappa shape index (κ1) is 25.8. The topological polar surface area (TPSA) is 92.8 Å². The molecule has 0 saturated carbocycles. The molecule has 0 aromatic heterocycles.